The number of hydrogen-bond donors (Lipinski definition) is 2. The van der Waals surface area contributed by atoms with Crippen LogP contribution in [0.1, 0.15) is 65.7 Å². The Morgan fingerprint density at radius 3 is 2.64 bits per heavy atom. The normalized spacial score (nSPS) is 35.3. The van der Waals surface area contributed by atoms with Crippen LogP contribution in [0.2, 0.25) is 0 Å². The zero-order chi connectivity index (χ0) is 16.4. The lowest BCUT2D eigenvalue weighted by molar-refractivity contribution is -0.0511. The van der Waals surface area contributed by atoms with Crippen LogP contribution in [-0.4, -0.2) is 23.4 Å². The zero-order valence-corrected chi connectivity index (χ0v) is 14.7. The summed E-state index contributed by atoms with van der Waals surface area (Å²) >= 11 is 0. The van der Waals surface area contributed by atoms with Crippen LogP contribution in [0.4, 0.5) is 0 Å². The Morgan fingerprint density at radius 2 is 2.00 bits per heavy atom. The minimum Gasteiger partial charge on any atom is -0.396 e. The lowest BCUT2D eigenvalue weighted by Gasteiger charge is -2.58. The van der Waals surface area contributed by atoms with E-state index in [9.17, 15) is 5.11 Å². The summed E-state index contributed by atoms with van der Waals surface area (Å²) in [6.45, 7) is 11.9. The maximum absolute atomic E-state index is 9.43. The van der Waals surface area contributed by atoms with Gasteiger partial charge in [-0.3, -0.25) is 0 Å². The van der Waals surface area contributed by atoms with Crippen molar-refractivity contribution in [2.75, 3.05) is 13.2 Å². The first kappa shape index (κ1) is 17.7. The van der Waals surface area contributed by atoms with Gasteiger partial charge in [0, 0.05) is 6.61 Å². The van der Waals surface area contributed by atoms with Gasteiger partial charge in [-0.1, -0.05) is 45.4 Å². The Hall–Kier alpha value is -0.600. The van der Waals surface area contributed by atoms with E-state index in [2.05, 4.69) is 33.4 Å². The zero-order valence-electron chi connectivity index (χ0n) is 14.7. The molecular weight excluding hydrogens is 272 g/mol. The molecule has 2 aliphatic carbocycles. The van der Waals surface area contributed by atoms with Crippen molar-refractivity contribution in [3.8, 4) is 0 Å². The summed E-state index contributed by atoms with van der Waals surface area (Å²) in [5.41, 5.74) is 3.14. The summed E-state index contributed by atoms with van der Waals surface area (Å²) in [6, 6.07) is 0. The third-order valence-corrected chi connectivity index (χ3v) is 6.60. The highest BCUT2D eigenvalue weighted by Crippen LogP contribution is 2.61. The predicted molar refractivity (Wildman–Crippen MR) is 92.6 cm³/mol. The molecule has 2 nitrogen and oxygen atoms in total. The van der Waals surface area contributed by atoms with Crippen molar-refractivity contribution in [1.29, 1.82) is 0 Å². The van der Waals surface area contributed by atoms with Gasteiger partial charge in [-0.05, 0) is 66.8 Å². The topological polar surface area (TPSA) is 40.5 Å². The van der Waals surface area contributed by atoms with Crippen molar-refractivity contribution in [3.63, 3.8) is 0 Å². The van der Waals surface area contributed by atoms with Crippen LogP contribution < -0.4 is 0 Å². The van der Waals surface area contributed by atoms with E-state index < -0.39 is 0 Å². The monoisotopic (exact) mass is 306 g/mol. The van der Waals surface area contributed by atoms with Crippen LogP contribution in [0, 0.1) is 22.7 Å². The van der Waals surface area contributed by atoms with Crippen molar-refractivity contribution in [2.45, 2.75) is 65.7 Å². The van der Waals surface area contributed by atoms with Gasteiger partial charge < -0.3 is 10.2 Å². The molecule has 2 saturated carbocycles. The number of aliphatic hydroxyl groups is 2. The number of allylic oxidation sites excluding steroid dienone is 2. The molecule has 0 bridgehead atoms. The third kappa shape index (κ3) is 3.33. The highest BCUT2D eigenvalue weighted by molar-refractivity contribution is 5.18. The molecule has 0 radical (unpaired) electrons. The predicted octanol–water partition coefficient (Wildman–Crippen LogP) is 4.48. The van der Waals surface area contributed by atoms with Crippen LogP contribution in [0.25, 0.3) is 0 Å². The standard InChI is InChI=1S/C20H34O2/c1-15-6-9-18-19(2,3)11-5-12-20(18,4)17(15)8-7-16(14-22)10-13-21/h7,17-18,21-22H,1,5-6,8-14H2,2-4H3/t17-,18-,20+/m0/s1. The molecular formula is C20H34O2. The number of rotatable bonds is 5. The van der Waals surface area contributed by atoms with Gasteiger partial charge in [0.2, 0.25) is 0 Å². The van der Waals surface area contributed by atoms with Gasteiger partial charge in [0.15, 0.2) is 0 Å². The fourth-order valence-electron chi connectivity index (χ4n) is 5.38. The van der Waals surface area contributed by atoms with Gasteiger partial charge in [0.1, 0.15) is 0 Å². The maximum atomic E-state index is 9.43. The van der Waals surface area contributed by atoms with Crippen molar-refractivity contribution in [3.05, 3.63) is 23.8 Å². The Labute approximate surface area is 136 Å². The summed E-state index contributed by atoms with van der Waals surface area (Å²) in [5, 5.41) is 18.5. The van der Waals surface area contributed by atoms with Gasteiger partial charge in [-0.15, -0.1) is 0 Å². The molecule has 0 amide bonds. The van der Waals surface area contributed by atoms with E-state index in [1.165, 1.54) is 31.3 Å². The van der Waals surface area contributed by atoms with E-state index >= 15 is 0 Å². The quantitative estimate of drug-likeness (QED) is 0.735. The van der Waals surface area contributed by atoms with E-state index in [1.54, 1.807) is 0 Å². The van der Waals surface area contributed by atoms with Crippen molar-refractivity contribution >= 4 is 0 Å². The molecule has 3 atom stereocenters. The molecule has 2 heteroatoms. The summed E-state index contributed by atoms with van der Waals surface area (Å²) in [6.07, 6.45) is 10.1. The van der Waals surface area contributed by atoms with Gasteiger partial charge in [0.05, 0.1) is 6.61 Å². The van der Waals surface area contributed by atoms with E-state index in [1.807, 2.05) is 0 Å². The van der Waals surface area contributed by atoms with Gasteiger partial charge in [-0.25, -0.2) is 0 Å². The molecule has 0 heterocycles. The lowest BCUT2D eigenvalue weighted by atomic mass is 9.47. The summed E-state index contributed by atoms with van der Waals surface area (Å²) in [4.78, 5) is 0. The molecule has 0 aromatic carbocycles. The molecule has 0 aromatic rings. The van der Waals surface area contributed by atoms with Crippen LogP contribution in [0.3, 0.4) is 0 Å². The van der Waals surface area contributed by atoms with Crippen LogP contribution in [-0.2, 0) is 0 Å². The molecule has 2 aliphatic rings. The molecule has 0 spiro atoms. The van der Waals surface area contributed by atoms with Gasteiger partial charge in [0.25, 0.3) is 0 Å². The molecule has 2 N–H and O–H groups in total. The van der Waals surface area contributed by atoms with Gasteiger partial charge >= 0.3 is 0 Å². The fourth-order valence-corrected chi connectivity index (χ4v) is 5.38. The van der Waals surface area contributed by atoms with Crippen LogP contribution >= 0.6 is 0 Å². The second-order valence-corrected chi connectivity index (χ2v) is 8.38. The van der Waals surface area contributed by atoms with E-state index in [0.717, 1.165) is 24.3 Å². The molecule has 2 rings (SSSR count). The van der Waals surface area contributed by atoms with Crippen LogP contribution in [0.15, 0.2) is 23.8 Å². The molecule has 0 unspecified atom stereocenters. The molecule has 126 valence electrons. The van der Waals surface area contributed by atoms with E-state index in [0.29, 0.717) is 23.2 Å². The number of hydrogen-bond acceptors (Lipinski definition) is 2. The smallest absolute Gasteiger partial charge is 0.0642 e. The van der Waals surface area contributed by atoms with Crippen molar-refractivity contribution < 1.29 is 10.2 Å². The molecule has 2 fully saturated rings. The first-order valence-electron chi connectivity index (χ1n) is 8.92. The van der Waals surface area contributed by atoms with Crippen molar-refractivity contribution in [1.82, 2.24) is 0 Å². The average Bonchev–Trinajstić information content (AvgIpc) is 2.44. The Bertz CT molecular complexity index is 435. The lowest BCUT2D eigenvalue weighted by Crippen LogP contribution is -2.49. The maximum Gasteiger partial charge on any atom is 0.0642 e. The Morgan fingerprint density at radius 1 is 1.27 bits per heavy atom. The largest absolute Gasteiger partial charge is 0.396 e. The molecule has 22 heavy (non-hydrogen) atoms. The number of fused-ring (bicyclic) bond motifs is 1. The molecule has 0 aliphatic heterocycles. The highest BCUT2D eigenvalue weighted by atomic mass is 16.3. The van der Waals surface area contributed by atoms with Crippen molar-refractivity contribution in [2.24, 2.45) is 22.7 Å². The molecule has 0 aromatic heterocycles. The highest BCUT2D eigenvalue weighted by Gasteiger charge is 2.52. The third-order valence-electron chi connectivity index (χ3n) is 6.60. The summed E-state index contributed by atoms with van der Waals surface area (Å²) in [5.74, 6) is 1.29. The Kier molecular flexibility index (Phi) is 5.55. The number of aliphatic hydroxyl groups excluding tert-OH is 2. The second-order valence-electron chi connectivity index (χ2n) is 8.38. The average molecular weight is 306 g/mol. The minimum atomic E-state index is 0.0609. The summed E-state index contributed by atoms with van der Waals surface area (Å²) in [7, 11) is 0. The fraction of sp³-hybridized carbons (Fsp3) is 0.800. The Balaban J connectivity index is 2.22. The first-order chi connectivity index (χ1) is 10.3. The summed E-state index contributed by atoms with van der Waals surface area (Å²) < 4.78 is 0. The first-order valence-corrected chi connectivity index (χ1v) is 8.92. The van der Waals surface area contributed by atoms with Gasteiger partial charge in [-0.2, -0.15) is 0 Å². The minimum absolute atomic E-state index is 0.0609. The van der Waals surface area contributed by atoms with E-state index in [4.69, 9.17) is 5.11 Å². The van der Waals surface area contributed by atoms with E-state index in [-0.39, 0.29) is 13.2 Å². The second kappa shape index (κ2) is 6.88. The van der Waals surface area contributed by atoms with Crippen LogP contribution in [0.5, 0.6) is 0 Å². The SMILES string of the molecule is C=C1CC[C@H]2C(C)(C)CCC[C@]2(C)[C@H]1CC=C(CO)CCO. The molecule has 0 saturated heterocycles.